The zero-order valence-electron chi connectivity index (χ0n) is 10.9. The van der Waals surface area contributed by atoms with Crippen molar-refractivity contribution < 1.29 is 4.74 Å². The Labute approximate surface area is 103 Å². The monoisotopic (exact) mass is 235 g/mol. The number of aromatic nitrogens is 1. The van der Waals surface area contributed by atoms with Crippen LogP contribution in [0.15, 0.2) is 12.1 Å². The molecule has 1 heterocycles. The highest BCUT2D eigenvalue weighted by atomic mass is 16.5. The van der Waals surface area contributed by atoms with Crippen LogP contribution in [-0.4, -0.2) is 16.9 Å². The number of ether oxygens (including phenoxy) is 1. The van der Waals surface area contributed by atoms with Crippen LogP contribution in [0.3, 0.4) is 0 Å². The molecule has 3 N–H and O–H groups in total. The predicted molar refractivity (Wildman–Crippen MR) is 69.5 cm³/mol. The fourth-order valence-electron chi connectivity index (χ4n) is 1.73. The summed E-state index contributed by atoms with van der Waals surface area (Å²) in [6.07, 6.45) is 1.02. The molecule has 0 amide bonds. The summed E-state index contributed by atoms with van der Waals surface area (Å²) < 4.78 is 5.77. The molecule has 1 aromatic rings. The van der Waals surface area contributed by atoms with Crippen LogP contribution in [-0.2, 0) is 0 Å². The maximum absolute atomic E-state index is 7.49. The van der Waals surface area contributed by atoms with Gasteiger partial charge in [-0.2, -0.15) is 0 Å². The molecular formula is C13H21N3O. The largest absolute Gasteiger partial charge is 0.474 e. The van der Waals surface area contributed by atoms with Crippen molar-refractivity contribution in [2.24, 2.45) is 11.7 Å². The number of amidine groups is 1. The topological polar surface area (TPSA) is 72.0 Å². The SMILES string of the molecule is Cc1ccc(C(=N)N)c(OC(C)CC(C)C)n1. The maximum Gasteiger partial charge on any atom is 0.224 e. The lowest BCUT2D eigenvalue weighted by Crippen LogP contribution is -2.20. The standard InChI is InChI=1S/C13H21N3O/c1-8(2)7-10(4)17-13-11(12(14)15)6-5-9(3)16-13/h5-6,8,10H,7H2,1-4H3,(H3,14,15). The van der Waals surface area contributed by atoms with Gasteiger partial charge in [0.2, 0.25) is 5.88 Å². The second-order valence-electron chi connectivity index (χ2n) is 4.78. The summed E-state index contributed by atoms with van der Waals surface area (Å²) in [5.74, 6) is 1.02. The number of nitrogens with one attached hydrogen (secondary N) is 1. The first-order valence-electron chi connectivity index (χ1n) is 5.88. The van der Waals surface area contributed by atoms with E-state index in [2.05, 4.69) is 18.8 Å². The van der Waals surface area contributed by atoms with Crippen LogP contribution in [0, 0.1) is 18.3 Å². The molecule has 17 heavy (non-hydrogen) atoms. The van der Waals surface area contributed by atoms with E-state index in [1.807, 2.05) is 19.9 Å². The fourth-order valence-corrected chi connectivity index (χ4v) is 1.73. The van der Waals surface area contributed by atoms with Gasteiger partial charge in [0.25, 0.3) is 0 Å². The molecule has 4 heteroatoms. The first-order valence-corrected chi connectivity index (χ1v) is 5.88. The van der Waals surface area contributed by atoms with Crippen LogP contribution in [0.25, 0.3) is 0 Å². The van der Waals surface area contributed by atoms with Gasteiger partial charge in [0.1, 0.15) is 5.84 Å². The maximum atomic E-state index is 7.49. The lowest BCUT2D eigenvalue weighted by molar-refractivity contribution is 0.185. The van der Waals surface area contributed by atoms with Gasteiger partial charge in [0, 0.05) is 5.69 Å². The van der Waals surface area contributed by atoms with E-state index in [0.29, 0.717) is 17.4 Å². The summed E-state index contributed by atoms with van der Waals surface area (Å²) in [4.78, 5) is 4.30. The molecule has 1 unspecified atom stereocenters. The van der Waals surface area contributed by atoms with Gasteiger partial charge >= 0.3 is 0 Å². The number of hydrogen-bond acceptors (Lipinski definition) is 3. The molecule has 0 aliphatic heterocycles. The van der Waals surface area contributed by atoms with Crippen LogP contribution < -0.4 is 10.5 Å². The number of nitrogens with two attached hydrogens (primary N) is 1. The minimum absolute atomic E-state index is 0.00996. The molecule has 1 aromatic heterocycles. The van der Waals surface area contributed by atoms with Crippen molar-refractivity contribution in [1.29, 1.82) is 5.41 Å². The summed E-state index contributed by atoms with van der Waals surface area (Å²) in [6.45, 7) is 8.20. The Morgan fingerprint density at radius 3 is 2.59 bits per heavy atom. The van der Waals surface area contributed by atoms with Gasteiger partial charge in [-0.15, -0.1) is 0 Å². The Kier molecular flexibility index (Phi) is 4.49. The number of aryl methyl sites for hydroxylation is 1. The van der Waals surface area contributed by atoms with Gasteiger partial charge in [0.05, 0.1) is 11.7 Å². The molecular weight excluding hydrogens is 214 g/mol. The van der Waals surface area contributed by atoms with E-state index in [1.165, 1.54) is 0 Å². The van der Waals surface area contributed by atoms with E-state index in [-0.39, 0.29) is 11.9 Å². The highest BCUT2D eigenvalue weighted by Crippen LogP contribution is 2.19. The average Bonchev–Trinajstić information content (AvgIpc) is 2.15. The molecule has 0 aromatic carbocycles. The summed E-state index contributed by atoms with van der Waals surface area (Å²) in [5, 5.41) is 7.49. The Morgan fingerprint density at radius 1 is 1.41 bits per heavy atom. The van der Waals surface area contributed by atoms with Crippen LogP contribution in [0.5, 0.6) is 5.88 Å². The van der Waals surface area contributed by atoms with Crippen LogP contribution >= 0.6 is 0 Å². The third-order valence-corrected chi connectivity index (χ3v) is 2.41. The number of rotatable bonds is 5. The second kappa shape index (κ2) is 5.66. The number of pyridine rings is 1. The molecule has 4 nitrogen and oxygen atoms in total. The number of nitrogen functional groups attached to an aromatic ring is 1. The average molecular weight is 235 g/mol. The molecule has 0 fully saturated rings. The quantitative estimate of drug-likeness (QED) is 0.608. The zero-order valence-corrected chi connectivity index (χ0v) is 10.9. The molecule has 94 valence electrons. The van der Waals surface area contributed by atoms with Gasteiger partial charge in [-0.3, -0.25) is 5.41 Å². The van der Waals surface area contributed by atoms with Crippen molar-refractivity contribution in [3.63, 3.8) is 0 Å². The van der Waals surface area contributed by atoms with Gasteiger partial charge in [-0.05, 0) is 38.3 Å². The molecule has 0 saturated heterocycles. The van der Waals surface area contributed by atoms with Crippen LogP contribution in [0.2, 0.25) is 0 Å². The normalized spacial score (nSPS) is 12.5. The lowest BCUT2D eigenvalue weighted by atomic mass is 10.1. The summed E-state index contributed by atoms with van der Waals surface area (Å²) in [7, 11) is 0. The summed E-state index contributed by atoms with van der Waals surface area (Å²) >= 11 is 0. The zero-order chi connectivity index (χ0) is 13.0. The van der Waals surface area contributed by atoms with Crippen molar-refractivity contribution in [3.05, 3.63) is 23.4 Å². The predicted octanol–water partition coefficient (Wildman–Crippen LogP) is 2.49. The van der Waals surface area contributed by atoms with Crippen molar-refractivity contribution in [2.75, 3.05) is 0 Å². The summed E-state index contributed by atoms with van der Waals surface area (Å²) in [5.41, 5.74) is 6.93. The summed E-state index contributed by atoms with van der Waals surface area (Å²) in [6, 6.07) is 3.61. The highest BCUT2D eigenvalue weighted by Gasteiger charge is 2.13. The second-order valence-corrected chi connectivity index (χ2v) is 4.78. The Balaban J connectivity index is 2.88. The van der Waals surface area contributed by atoms with Gasteiger partial charge < -0.3 is 10.5 Å². The minimum Gasteiger partial charge on any atom is -0.474 e. The highest BCUT2D eigenvalue weighted by molar-refractivity contribution is 5.97. The van der Waals surface area contributed by atoms with Crippen molar-refractivity contribution in [3.8, 4) is 5.88 Å². The van der Waals surface area contributed by atoms with E-state index in [1.54, 1.807) is 6.07 Å². The van der Waals surface area contributed by atoms with E-state index in [4.69, 9.17) is 15.9 Å². The van der Waals surface area contributed by atoms with Gasteiger partial charge in [-0.1, -0.05) is 13.8 Å². The molecule has 0 saturated carbocycles. The van der Waals surface area contributed by atoms with Gasteiger partial charge in [0.15, 0.2) is 0 Å². The van der Waals surface area contributed by atoms with Crippen molar-refractivity contribution in [1.82, 2.24) is 4.98 Å². The van der Waals surface area contributed by atoms with Crippen molar-refractivity contribution >= 4 is 5.84 Å². The Morgan fingerprint density at radius 2 is 2.06 bits per heavy atom. The smallest absolute Gasteiger partial charge is 0.224 e. The fraction of sp³-hybridized carbons (Fsp3) is 0.538. The van der Waals surface area contributed by atoms with Crippen LogP contribution in [0.1, 0.15) is 38.4 Å². The molecule has 0 radical (unpaired) electrons. The van der Waals surface area contributed by atoms with Crippen LogP contribution in [0.4, 0.5) is 0 Å². The number of hydrogen-bond donors (Lipinski definition) is 2. The number of nitrogens with zero attached hydrogens (tertiary/aromatic N) is 1. The first kappa shape index (κ1) is 13.5. The molecule has 1 atom stereocenters. The third-order valence-electron chi connectivity index (χ3n) is 2.41. The molecule has 0 spiro atoms. The Hall–Kier alpha value is -1.58. The minimum atomic E-state index is -0.00996. The third kappa shape index (κ3) is 4.06. The van der Waals surface area contributed by atoms with E-state index in [0.717, 1.165) is 12.1 Å². The molecule has 1 rings (SSSR count). The van der Waals surface area contributed by atoms with Gasteiger partial charge in [-0.25, -0.2) is 4.98 Å². The molecule has 0 bridgehead atoms. The van der Waals surface area contributed by atoms with E-state index < -0.39 is 0 Å². The molecule has 0 aliphatic rings. The Bertz CT molecular complexity index is 402. The van der Waals surface area contributed by atoms with E-state index >= 15 is 0 Å². The van der Waals surface area contributed by atoms with E-state index in [9.17, 15) is 0 Å². The van der Waals surface area contributed by atoms with Crippen molar-refractivity contribution in [2.45, 2.75) is 40.2 Å². The molecule has 0 aliphatic carbocycles. The lowest BCUT2D eigenvalue weighted by Gasteiger charge is -2.18. The first-order chi connectivity index (χ1) is 7.90.